The van der Waals surface area contributed by atoms with Crippen LogP contribution < -0.4 is 5.32 Å². The Labute approximate surface area is 101 Å². The molecule has 0 bridgehead atoms. The van der Waals surface area contributed by atoms with Gasteiger partial charge < -0.3 is 10.2 Å². The molecule has 1 N–H and O–H groups in total. The average molecular weight is 242 g/mol. The van der Waals surface area contributed by atoms with Crippen LogP contribution in [0, 0.1) is 0 Å². The molecule has 2 rings (SSSR count). The lowest BCUT2D eigenvalue weighted by molar-refractivity contribution is -0.151. The van der Waals surface area contributed by atoms with Gasteiger partial charge in [0.2, 0.25) is 11.8 Å². The van der Waals surface area contributed by atoms with Gasteiger partial charge in [0.25, 0.3) is 0 Å². The molecule has 2 amide bonds. The molecule has 2 fully saturated rings. The fourth-order valence-corrected chi connectivity index (χ4v) is 2.83. The van der Waals surface area contributed by atoms with Gasteiger partial charge in [-0.25, -0.2) is 0 Å². The number of amides is 2. The van der Waals surface area contributed by atoms with Crippen LogP contribution in [-0.2, 0) is 9.59 Å². The van der Waals surface area contributed by atoms with Gasteiger partial charge in [0.15, 0.2) is 0 Å². The van der Waals surface area contributed by atoms with E-state index in [1.807, 2.05) is 0 Å². The smallest absolute Gasteiger partial charge is 0.248 e. The molecule has 1 heterocycles. The SMILES string of the molecule is O=C1CN(CCCF)C(=O)C2(CCCCC2)N1. The van der Waals surface area contributed by atoms with Crippen molar-refractivity contribution in [2.75, 3.05) is 19.8 Å². The van der Waals surface area contributed by atoms with Gasteiger partial charge in [0.05, 0.1) is 13.2 Å². The van der Waals surface area contributed by atoms with E-state index in [1.165, 1.54) is 4.90 Å². The lowest BCUT2D eigenvalue weighted by Crippen LogP contribution is -2.67. The number of nitrogens with one attached hydrogen (secondary N) is 1. The quantitative estimate of drug-likeness (QED) is 0.803. The van der Waals surface area contributed by atoms with Crippen molar-refractivity contribution < 1.29 is 14.0 Å². The van der Waals surface area contributed by atoms with Crippen LogP contribution in [0.15, 0.2) is 0 Å². The van der Waals surface area contributed by atoms with E-state index in [0.29, 0.717) is 13.0 Å². The monoisotopic (exact) mass is 242 g/mol. The van der Waals surface area contributed by atoms with Crippen molar-refractivity contribution >= 4 is 11.8 Å². The van der Waals surface area contributed by atoms with Gasteiger partial charge >= 0.3 is 0 Å². The van der Waals surface area contributed by atoms with Gasteiger partial charge in [-0.05, 0) is 19.3 Å². The highest BCUT2D eigenvalue weighted by atomic mass is 19.1. The predicted molar refractivity (Wildman–Crippen MR) is 61.1 cm³/mol. The molecule has 0 aromatic carbocycles. The first-order valence-corrected chi connectivity index (χ1v) is 6.34. The van der Waals surface area contributed by atoms with Crippen molar-refractivity contribution in [2.24, 2.45) is 0 Å². The number of nitrogens with zero attached hydrogens (tertiary/aromatic N) is 1. The Kier molecular flexibility index (Phi) is 3.64. The molecule has 0 radical (unpaired) electrons. The van der Waals surface area contributed by atoms with Gasteiger partial charge in [-0.2, -0.15) is 0 Å². The molecule has 0 aromatic rings. The zero-order chi connectivity index (χ0) is 12.3. The highest BCUT2D eigenvalue weighted by Gasteiger charge is 2.46. The number of hydrogen-bond donors (Lipinski definition) is 1. The van der Waals surface area contributed by atoms with Gasteiger partial charge in [0, 0.05) is 6.54 Å². The van der Waals surface area contributed by atoms with Crippen LogP contribution >= 0.6 is 0 Å². The second-order valence-corrected chi connectivity index (χ2v) is 4.96. The summed E-state index contributed by atoms with van der Waals surface area (Å²) in [5.41, 5.74) is -0.677. The molecule has 17 heavy (non-hydrogen) atoms. The summed E-state index contributed by atoms with van der Waals surface area (Å²) in [4.78, 5) is 25.5. The van der Waals surface area contributed by atoms with Crippen LogP contribution in [-0.4, -0.2) is 42.0 Å². The van der Waals surface area contributed by atoms with Gasteiger partial charge in [-0.15, -0.1) is 0 Å². The Morgan fingerprint density at radius 1 is 1.24 bits per heavy atom. The van der Waals surface area contributed by atoms with Gasteiger partial charge in [-0.3, -0.25) is 14.0 Å². The summed E-state index contributed by atoms with van der Waals surface area (Å²) in [5.74, 6) is -0.115. The minimum atomic E-state index is -0.677. The molecule has 96 valence electrons. The highest BCUT2D eigenvalue weighted by Crippen LogP contribution is 2.31. The second-order valence-electron chi connectivity index (χ2n) is 4.96. The van der Waals surface area contributed by atoms with Crippen molar-refractivity contribution in [3.8, 4) is 0 Å². The topological polar surface area (TPSA) is 49.4 Å². The molecule has 0 unspecified atom stereocenters. The third-order valence-electron chi connectivity index (χ3n) is 3.68. The molecule has 4 nitrogen and oxygen atoms in total. The lowest BCUT2D eigenvalue weighted by Gasteiger charge is -2.44. The first-order chi connectivity index (χ1) is 8.18. The maximum atomic E-state index is 12.3. The number of hydrogen-bond acceptors (Lipinski definition) is 2. The molecule has 1 saturated carbocycles. The molecule has 1 aliphatic heterocycles. The van der Waals surface area contributed by atoms with E-state index < -0.39 is 12.2 Å². The van der Waals surface area contributed by atoms with E-state index in [2.05, 4.69) is 5.32 Å². The third kappa shape index (κ3) is 2.42. The van der Waals surface area contributed by atoms with Crippen LogP contribution in [0.25, 0.3) is 0 Å². The maximum Gasteiger partial charge on any atom is 0.248 e. The van der Waals surface area contributed by atoms with E-state index in [9.17, 15) is 14.0 Å². The van der Waals surface area contributed by atoms with Crippen LogP contribution in [0.2, 0.25) is 0 Å². The Morgan fingerprint density at radius 2 is 1.94 bits per heavy atom. The Bertz CT molecular complexity index is 314. The molecule has 0 atom stereocenters. The standard InChI is InChI=1S/C12H19FN2O2/c13-7-4-8-15-9-10(16)14-12(11(15)17)5-2-1-3-6-12/h1-9H2,(H,14,16). The number of halogens is 1. The van der Waals surface area contributed by atoms with Crippen LogP contribution in [0.1, 0.15) is 38.5 Å². The summed E-state index contributed by atoms with van der Waals surface area (Å²) in [6.07, 6.45) is 4.84. The van der Waals surface area contributed by atoms with Crippen LogP contribution in [0.3, 0.4) is 0 Å². The first-order valence-electron chi connectivity index (χ1n) is 6.34. The normalized spacial score (nSPS) is 23.9. The molecular weight excluding hydrogens is 223 g/mol. The van der Waals surface area contributed by atoms with Gasteiger partial charge in [0.1, 0.15) is 5.54 Å². The minimum Gasteiger partial charge on any atom is -0.340 e. The summed E-state index contributed by atoms with van der Waals surface area (Å²) < 4.78 is 12.2. The Morgan fingerprint density at radius 3 is 2.59 bits per heavy atom. The Hall–Kier alpha value is -1.13. The first kappa shape index (κ1) is 12.3. The fourth-order valence-electron chi connectivity index (χ4n) is 2.83. The second kappa shape index (κ2) is 5.02. The Balaban J connectivity index is 2.10. The number of piperazine rings is 1. The lowest BCUT2D eigenvalue weighted by atomic mass is 9.79. The summed E-state index contributed by atoms with van der Waals surface area (Å²) in [7, 11) is 0. The number of alkyl halides is 1. The van der Waals surface area contributed by atoms with Crippen molar-refractivity contribution in [1.29, 1.82) is 0 Å². The zero-order valence-electron chi connectivity index (χ0n) is 10.0. The zero-order valence-corrected chi connectivity index (χ0v) is 10.0. The maximum absolute atomic E-state index is 12.3. The largest absolute Gasteiger partial charge is 0.340 e. The van der Waals surface area contributed by atoms with E-state index in [1.54, 1.807) is 0 Å². The molecule has 1 saturated heterocycles. The minimum absolute atomic E-state index is 0.00903. The van der Waals surface area contributed by atoms with Crippen LogP contribution in [0.5, 0.6) is 0 Å². The van der Waals surface area contributed by atoms with E-state index in [0.717, 1.165) is 32.1 Å². The van der Waals surface area contributed by atoms with Gasteiger partial charge in [-0.1, -0.05) is 19.3 Å². The molecular formula is C12H19FN2O2. The molecule has 0 aromatic heterocycles. The summed E-state index contributed by atoms with van der Waals surface area (Å²) in [6, 6.07) is 0. The van der Waals surface area contributed by atoms with Crippen molar-refractivity contribution in [3.05, 3.63) is 0 Å². The van der Waals surface area contributed by atoms with Crippen molar-refractivity contribution in [3.63, 3.8) is 0 Å². The van der Waals surface area contributed by atoms with E-state index in [-0.39, 0.29) is 18.4 Å². The van der Waals surface area contributed by atoms with E-state index in [4.69, 9.17) is 0 Å². The average Bonchev–Trinajstić information content (AvgIpc) is 2.33. The highest BCUT2D eigenvalue weighted by molar-refractivity contribution is 5.98. The number of rotatable bonds is 3. The molecule has 5 heteroatoms. The predicted octanol–water partition coefficient (Wildman–Crippen LogP) is 1.01. The third-order valence-corrected chi connectivity index (χ3v) is 3.68. The summed E-state index contributed by atoms with van der Waals surface area (Å²) >= 11 is 0. The van der Waals surface area contributed by atoms with Crippen molar-refractivity contribution in [2.45, 2.75) is 44.1 Å². The summed E-state index contributed by atoms with van der Waals surface area (Å²) in [5, 5.41) is 2.86. The molecule has 1 spiro atoms. The van der Waals surface area contributed by atoms with E-state index >= 15 is 0 Å². The molecule has 1 aliphatic carbocycles. The fraction of sp³-hybridized carbons (Fsp3) is 0.833. The van der Waals surface area contributed by atoms with Crippen LogP contribution in [0.4, 0.5) is 4.39 Å². The molecule has 2 aliphatic rings. The van der Waals surface area contributed by atoms with Crippen molar-refractivity contribution in [1.82, 2.24) is 10.2 Å². The number of carbonyl (C=O) groups is 2. The summed E-state index contributed by atoms with van der Waals surface area (Å²) in [6.45, 7) is -0.0104. The number of carbonyl (C=O) groups excluding carboxylic acids is 2.